The predicted octanol–water partition coefficient (Wildman–Crippen LogP) is 10.3. The van der Waals surface area contributed by atoms with E-state index in [2.05, 4.69) is 74.0 Å². The standard InChI is InChI=1S/C46H47N9O2/c1-29-9-15-42(56-29)48-40-26-33(54-19-5-3-6-20-54)11-13-35(40)38-24-31-23-37-45(50-38)52-44(32-17-18-47-28-32)53-46(37)51-39(25-31)36-14-12-34(55-21-7-4-8-22-55)27-41(36)49-43-16-10-30(2)57-43/h9-18,24-28,37,47-49H,3-8,19-23H2,1-2H3. The summed E-state index contributed by atoms with van der Waals surface area (Å²) >= 11 is 0. The number of aromatic nitrogens is 1. The Hall–Kier alpha value is -6.36. The monoisotopic (exact) mass is 757 g/mol. The Labute approximate surface area is 332 Å². The number of rotatable bonds is 9. The van der Waals surface area contributed by atoms with Crippen LogP contribution in [0.4, 0.5) is 34.5 Å². The summed E-state index contributed by atoms with van der Waals surface area (Å²) in [4.78, 5) is 29.1. The molecule has 0 aliphatic carbocycles. The van der Waals surface area contributed by atoms with Gasteiger partial charge in [-0.25, -0.2) is 20.0 Å². The van der Waals surface area contributed by atoms with E-state index in [4.69, 9.17) is 28.8 Å². The number of benzene rings is 2. The van der Waals surface area contributed by atoms with Crippen molar-refractivity contribution in [2.45, 2.75) is 58.8 Å². The molecule has 57 heavy (non-hydrogen) atoms. The van der Waals surface area contributed by atoms with E-state index in [9.17, 15) is 0 Å². The van der Waals surface area contributed by atoms with Crippen LogP contribution in [-0.2, 0) is 0 Å². The lowest BCUT2D eigenvalue weighted by Gasteiger charge is -2.29. The Balaban J connectivity index is 1.12. The summed E-state index contributed by atoms with van der Waals surface area (Å²) in [7, 11) is 0. The highest BCUT2D eigenvalue weighted by Gasteiger charge is 2.34. The van der Waals surface area contributed by atoms with E-state index in [0.717, 1.165) is 82.7 Å². The molecule has 2 fully saturated rings. The van der Waals surface area contributed by atoms with E-state index in [1.54, 1.807) is 0 Å². The SMILES string of the molecule is Cc1ccc(Nc2cc(N3CCCCC3)ccc2C2=CC3=CC(c4ccc(N5CCCCC5)cc4Nc4ccc(C)o4)=NC4=NC(c5cc[nH]c5)=NC(=N2)C4C3)o1. The van der Waals surface area contributed by atoms with Gasteiger partial charge in [-0.15, -0.1) is 0 Å². The summed E-state index contributed by atoms with van der Waals surface area (Å²) in [5, 5.41) is 7.23. The van der Waals surface area contributed by atoms with Gasteiger partial charge in [0.2, 0.25) is 0 Å². The van der Waals surface area contributed by atoms with Crippen LogP contribution in [0.15, 0.2) is 126 Å². The quantitative estimate of drug-likeness (QED) is 0.138. The molecule has 5 aliphatic heterocycles. The Kier molecular flexibility index (Phi) is 9.20. The number of anilines is 6. The Morgan fingerprint density at radius 3 is 1.84 bits per heavy atom. The van der Waals surface area contributed by atoms with Crippen molar-refractivity contribution >= 4 is 63.4 Å². The number of hydrogen-bond donors (Lipinski definition) is 3. The molecule has 2 aromatic carbocycles. The van der Waals surface area contributed by atoms with Crippen LogP contribution < -0.4 is 20.4 Å². The topological polar surface area (TPSA) is 122 Å². The molecule has 1 atom stereocenters. The predicted molar refractivity (Wildman–Crippen MR) is 231 cm³/mol. The van der Waals surface area contributed by atoms with Crippen molar-refractivity contribution in [3.8, 4) is 0 Å². The molecular weight excluding hydrogens is 711 g/mol. The summed E-state index contributed by atoms with van der Waals surface area (Å²) in [6.45, 7) is 8.13. The molecule has 3 N–H and O–H groups in total. The lowest BCUT2D eigenvalue weighted by molar-refractivity contribution is 0.550. The van der Waals surface area contributed by atoms with E-state index in [-0.39, 0.29) is 5.92 Å². The van der Waals surface area contributed by atoms with Gasteiger partial charge in [-0.1, -0.05) is 0 Å². The van der Waals surface area contributed by atoms with Crippen LogP contribution in [0.5, 0.6) is 0 Å². The minimum Gasteiger partial charge on any atom is -0.446 e. The molecular formula is C46H47N9O2. The molecule has 3 aromatic heterocycles. The second kappa shape index (κ2) is 14.9. The number of aromatic amines is 1. The molecule has 0 radical (unpaired) electrons. The highest BCUT2D eigenvalue weighted by molar-refractivity contribution is 6.27. The van der Waals surface area contributed by atoms with Crippen molar-refractivity contribution < 1.29 is 8.83 Å². The van der Waals surface area contributed by atoms with Gasteiger partial charge in [-0.05, 0) is 131 Å². The minimum atomic E-state index is -0.223. The van der Waals surface area contributed by atoms with Crippen molar-refractivity contribution in [3.05, 3.63) is 125 Å². The normalized spacial score (nSPS) is 19.4. The number of furan rings is 2. The number of nitrogens with one attached hydrogen (secondary N) is 3. The zero-order chi connectivity index (χ0) is 38.3. The van der Waals surface area contributed by atoms with Crippen molar-refractivity contribution in [3.63, 3.8) is 0 Å². The maximum Gasteiger partial charge on any atom is 0.197 e. The number of piperidine rings is 2. The molecule has 2 saturated heterocycles. The third-order valence-electron chi connectivity index (χ3n) is 11.5. The summed E-state index contributed by atoms with van der Waals surface area (Å²) in [5.74, 6) is 4.83. The molecule has 11 heteroatoms. The lowest BCUT2D eigenvalue weighted by Crippen LogP contribution is -2.29. The van der Waals surface area contributed by atoms with Crippen molar-refractivity contribution in [1.82, 2.24) is 4.98 Å². The van der Waals surface area contributed by atoms with Crippen molar-refractivity contribution in [1.29, 1.82) is 0 Å². The number of aliphatic imine (C=N–C) groups is 4. The van der Waals surface area contributed by atoms with Gasteiger partial charge < -0.3 is 34.3 Å². The van der Waals surface area contributed by atoms with Crippen LogP contribution in [0.2, 0.25) is 0 Å². The van der Waals surface area contributed by atoms with Gasteiger partial charge in [0.25, 0.3) is 0 Å². The van der Waals surface area contributed by atoms with Gasteiger partial charge in [0, 0.05) is 78.8 Å². The molecule has 10 rings (SSSR count). The summed E-state index contributed by atoms with van der Waals surface area (Å²) in [5.41, 5.74) is 9.79. The Morgan fingerprint density at radius 1 is 0.632 bits per heavy atom. The zero-order valence-electron chi connectivity index (χ0n) is 32.5. The molecule has 5 aliphatic rings. The molecule has 2 bridgehead atoms. The smallest absolute Gasteiger partial charge is 0.197 e. The van der Waals surface area contributed by atoms with Crippen LogP contribution in [0.3, 0.4) is 0 Å². The molecule has 0 amide bonds. The first-order valence-electron chi connectivity index (χ1n) is 20.3. The van der Waals surface area contributed by atoms with Gasteiger partial charge in [-0.3, -0.25) is 0 Å². The summed E-state index contributed by atoms with van der Waals surface area (Å²) in [6, 6.07) is 23.2. The van der Waals surface area contributed by atoms with Crippen LogP contribution >= 0.6 is 0 Å². The zero-order valence-corrected chi connectivity index (χ0v) is 32.5. The number of H-pyrrole nitrogens is 1. The van der Waals surface area contributed by atoms with E-state index < -0.39 is 0 Å². The average molecular weight is 758 g/mol. The maximum absolute atomic E-state index is 6.05. The first-order valence-corrected chi connectivity index (χ1v) is 20.3. The fourth-order valence-corrected chi connectivity index (χ4v) is 8.51. The molecule has 288 valence electrons. The second-order valence-corrected chi connectivity index (χ2v) is 15.6. The van der Waals surface area contributed by atoms with Crippen molar-refractivity contribution in [2.75, 3.05) is 46.6 Å². The van der Waals surface area contributed by atoms with Crippen LogP contribution in [0.1, 0.15) is 73.2 Å². The number of amidine groups is 3. The minimum absolute atomic E-state index is 0.223. The van der Waals surface area contributed by atoms with E-state index in [0.29, 0.717) is 35.7 Å². The first kappa shape index (κ1) is 35.1. The van der Waals surface area contributed by atoms with Gasteiger partial charge in [0.15, 0.2) is 17.6 Å². The summed E-state index contributed by atoms with van der Waals surface area (Å²) < 4.78 is 12.1. The molecule has 5 aromatic rings. The van der Waals surface area contributed by atoms with Crippen molar-refractivity contribution in [2.24, 2.45) is 25.9 Å². The third-order valence-corrected chi connectivity index (χ3v) is 11.5. The third kappa shape index (κ3) is 7.25. The molecule has 1 unspecified atom stereocenters. The number of nitrogens with zero attached hydrogens (tertiary/aromatic N) is 6. The molecule has 0 saturated carbocycles. The van der Waals surface area contributed by atoms with Crippen LogP contribution in [0, 0.1) is 19.8 Å². The van der Waals surface area contributed by atoms with Crippen LogP contribution in [-0.4, -0.2) is 54.4 Å². The highest BCUT2D eigenvalue weighted by atomic mass is 16.4. The number of hydrogen-bond acceptors (Lipinski definition) is 10. The molecule has 11 nitrogen and oxygen atoms in total. The second-order valence-electron chi connectivity index (χ2n) is 15.6. The average Bonchev–Trinajstić information content (AvgIpc) is 3.97. The molecule has 0 spiro atoms. The van der Waals surface area contributed by atoms with Gasteiger partial charge >= 0.3 is 0 Å². The number of allylic oxidation sites excluding steroid dienone is 3. The van der Waals surface area contributed by atoms with E-state index >= 15 is 0 Å². The van der Waals surface area contributed by atoms with E-state index in [1.807, 2.05) is 56.6 Å². The fraction of sp³-hybridized carbons (Fsp3) is 0.304. The van der Waals surface area contributed by atoms with E-state index in [1.165, 1.54) is 49.9 Å². The van der Waals surface area contributed by atoms with Crippen LogP contribution in [0.25, 0.3) is 5.70 Å². The Bertz CT molecular complexity index is 2390. The van der Waals surface area contributed by atoms with Gasteiger partial charge in [0.05, 0.1) is 28.7 Å². The van der Waals surface area contributed by atoms with Gasteiger partial charge in [0.1, 0.15) is 23.2 Å². The number of aryl methyl sites for hydroxylation is 2. The lowest BCUT2D eigenvalue weighted by atomic mass is 9.95. The molecule has 8 heterocycles. The Morgan fingerprint density at radius 2 is 1.25 bits per heavy atom. The largest absolute Gasteiger partial charge is 0.446 e. The summed E-state index contributed by atoms with van der Waals surface area (Å²) in [6.07, 6.45) is 16.2. The number of fused-ring (bicyclic) bond motifs is 1. The first-order chi connectivity index (χ1) is 28.0. The fourth-order valence-electron chi connectivity index (χ4n) is 8.51. The maximum atomic E-state index is 6.05. The van der Waals surface area contributed by atoms with Gasteiger partial charge in [-0.2, -0.15) is 0 Å². The highest BCUT2D eigenvalue weighted by Crippen LogP contribution is 2.39.